The summed E-state index contributed by atoms with van der Waals surface area (Å²) in [5, 5.41) is 15.2. The maximum atomic E-state index is 11.8. The van der Waals surface area contributed by atoms with Crippen LogP contribution in [0.3, 0.4) is 0 Å². The van der Waals surface area contributed by atoms with Crippen molar-refractivity contribution >= 4 is 5.97 Å². The van der Waals surface area contributed by atoms with Crippen molar-refractivity contribution < 1.29 is 19.7 Å². The first-order chi connectivity index (χ1) is 8.60. The number of ether oxygens (including phenoxy) is 1. The first-order valence-electron chi connectivity index (χ1n) is 6.99. The van der Waals surface area contributed by atoms with Crippen molar-refractivity contribution in [3.8, 4) is 0 Å². The number of unbranched alkanes of at least 4 members (excludes halogenated alkanes) is 1. The normalized spacial score (nSPS) is 11.6. The maximum Gasteiger partial charge on any atom is 0.311 e. The third kappa shape index (κ3) is 13.6. The molecule has 0 aliphatic heterocycles. The maximum absolute atomic E-state index is 11.8. The van der Waals surface area contributed by atoms with E-state index in [-0.39, 0.29) is 30.0 Å². The van der Waals surface area contributed by atoms with Crippen molar-refractivity contribution in [3.63, 3.8) is 0 Å². The largest absolute Gasteiger partial charge is 0.465 e. The van der Waals surface area contributed by atoms with Crippen LogP contribution in [0.1, 0.15) is 60.8 Å². The molecule has 0 aliphatic rings. The fraction of sp³-hybridized carbons (Fsp3) is 0.933. The molecule has 0 amide bonds. The van der Waals surface area contributed by atoms with Gasteiger partial charge in [0.05, 0.1) is 25.2 Å². The fourth-order valence-corrected chi connectivity index (χ4v) is 1.20. The second-order valence-electron chi connectivity index (χ2n) is 6.57. The Kier molecular flexibility index (Phi) is 11.1. The molecule has 2 N–H and O–H groups in total. The summed E-state index contributed by atoms with van der Waals surface area (Å²) >= 11 is 0. The molecule has 116 valence electrons. The van der Waals surface area contributed by atoms with Crippen LogP contribution < -0.4 is 0 Å². The summed E-state index contributed by atoms with van der Waals surface area (Å²) in [5.41, 5.74) is -0.280. The lowest BCUT2D eigenvalue weighted by atomic mass is 9.87. The Hall–Kier alpha value is -0.610. The Morgan fingerprint density at radius 3 is 1.84 bits per heavy atom. The van der Waals surface area contributed by atoms with Crippen LogP contribution in [0.2, 0.25) is 0 Å². The molecule has 0 aromatic carbocycles. The van der Waals surface area contributed by atoms with Crippen LogP contribution in [0.15, 0.2) is 0 Å². The average Bonchev–Trinajstić information content (AvgIpc) is 2.32. The number of hydrogen-bond donors (Lipinski definition) is 2. The highest BCUT2D eigenvalue weighted by molar-refractivity contribution is 5.75. The highest BCUT2D eigenvalue weighted by atomic mass is 16.5. The third-order valence-corrected chi connectivity index (χ3v) is 2.44. The van der Waals surface area contributed by atoms with Gasteiger partial charge in [-0.05, 0) is 25.7 Å². The Labute approximate surface area is 118 Å². The lowest BCUT2D eigenvalue weighted by Crippen LogP contribution is -2.29. The van der Waals surface area contributed by atoms with Crippen molar-refractivity contribution in [1.29, 1.82) is 0 Å². The second kappa shape index (κ2) is 10.2. The second-order valence-corrected chi connectivity index (χ2v) is 6.57. The van der Waals surface area contributed by atoms with Crippen molar-refractivity contribution in [3.05, 3.63) is 0 Å². The van der Waals surface area contributed by atoms with Gasteiger partial charge in [-0.3, -0.25) is 4.79 Å². The van der Waals surface area contributed by atoms with Gasteiger partial charge in [0.2, 0.25) is 0 Å². The number of carbonyl (C=O) groups excluding carboxylic acids is 1. The van der Waals surface area contributed by atoms with Gasteiger partial charge >= 0.3 is 5.97 Å². The molecule has 4 heteroatoms. The van der Waals surface area contributed by atoms with E-state index >= 15 is 0 Å². The van der Waals surface area contributed by atoms with E-state index in [9.17, 15) is 4.79 Å². The van der Waals surface area contributed by atoms with Gasteiger partial charge < -0.3 is 14.9 Å². The SMILES string of the molecule is CCCCC(C)(C)C(=O)OCC(C)(C)C.OCCO. The topological polar surface area (TPSA) is 66.8 Å². The van der Waals surface area contributed by atoms with Crippen LogP contribution in [-0.4, -0.2) is 36.0 Å². The molecule has 0 saturated carbocycles. The number of aliphatic hydroxyl groups is 2. The molecular weight excluding hydrogens is 244 g/mol. The van der Waals surface area contributed by atoms with Crippen LogP contribution in [0, 0.1) is 10.8 Å². The van der Waals surface area contributed by atoms with Crippen molar-refractivity contribution in [2.75, 3.05) is 19.8 Å². The predicted octanol–water partition coefficient (Wildman–Crippen LogP) is 2.76. The molecule has 0 aromatic heterocycles. The van der Waals surface area contributed by atoms with Crippen LogP contribution in [0.4, 0.5) is 0 Å². The molecule has 19 heavy (non-hydrogen) atoms. The summed E-state index contributed by atoms with van der Waals surface area (Å²) in [6, 6.07) is 0. The van der Waals surface area contributed by atoms with Gasteiger partial charge in [-0.25, -0.2) is 0 Å². The van der Waals surface area contributed by atoms with Crippen LogP contribution >= 0.6 is 0 Å². The quantitative estimate of drug-likeness (QED) is 0.732. The molecule has 0 aliphatic carbocycles. The zero-order valence-corrected chi connectivity index (χ0v) is 13.5. The van der Waals surface area contributed by atoms with Gasteiger partial charge in [-0.1, -0.05) is 40.5 Å². The lowest BCUT2D eigenvalue weighted by molar-refractivity contribution is -0.157. The summed E-state index contributed by atoms with van der Waals surface area (Å²) in [5.74, 6) is -0.0640. The van der Waals surface area contributed by atoms with E-state index in [1.165, 1.54) is 0 Å². The number of hydrogen-bond acceptors (Lipinski definition) is 4. The molecule has 0 radical (unpaired) electrons. The van der Waals surface area contributed by atoms with Crippen molar-refractivity contribution in [1.82, 2.24) is 0 Å². The predicted molar refractivity (Wildman–Crippen MR) is 77.9 cm³/mol. The van der Waals surface area contributed by atoms with Crippen LogP contribution in [-0.2, 0) is 9.53 Å². The monoisotopic (exact) mass is 276 g/mol. The number of aliphatic hydroxyl groups excluding tert-OH is 2. The Bertz CT molecular complexity index is 227. The molecular formula is C15H32O4. The van der Waals surface area contributed by atoms with Crippen LogP contribution in [0.5, 0.6) is 0 Å². The number of esters is 1. The summed E-state index contributed by atoms with van der Waals surface area (Å²) < 4.78 is 5.33. The minimum Gasteiger partial charge on any atom is -0.465 e. The number of rotatable bonds is 6. The van der Waals surface area contributed by atoms with E-state index in [4.69, 9.17) is 14.9 Å². The molecule has 4 nitrogen and oxygen atoms in total. The van der Waals surface area contributed by atoms with E-state index in [1.54, 1.807) is 0 Å². The van der Waals surface area contributed by atoms with E-state index in [1.807, 2.05) is 13.8 Å². The third-order valence-electron chi connectivity index (χ3n) is 2.44. The van der Waals surface area contributed by atoms with Crippen molar-refractivity contribution in [2.24, 2.45) is 10.8 Å². The molecule has 0 unspecified atom stereocenters. The highest BCUT2D eigenvalue weighted by Crippen LogP contribution is 2.26. The molecule has 0 bridgehead atoms. The number of carbonyl (C=O) groups is 1. The summed E-state index contributed by atoms with van der Waals surface area (Å²) in [4.78, 5) is 11.8. The first-order valence-corrected chi connectivity index (χ1v) is 6.99. The van der Waals surface area contributed by atoms with E-state index in [2.05, 4.69) is 27.7 Å². The van der Waals surface area contributed by atoms with Crippen molar-refractivity contribution in [2.45, 2.75) is 60.8 Å². The molecule has 0 spiro atoms. The summed E-state index contributed by atoms with van der Waals surface area (Å²) in [7, 11) is 0. The Morgan fingerprint density at radius 1 is 1.05 bits per heavy atom. The average molecular weight is 276 g/mol. The molecule has 0 heterocycles. The smallest absolute Gasteiger partial charge is 0.311 e. The molecule has 0 atom stereocenters. The molecule has 0 rings (SSSR count). The van der Waals surface area contributed by atoms with E-state index < -0.39 is 0 Å². The lowest BCUT2D eigenvalue weighted by Gasteiger charge is -2.25. The Morgan fingerprint density at radius 2 is 1.53 bits per heavy atom. The zero-order chi connectivity index (χ0) is 15.5. The van der Waals surface area contributed by atoms with Gasteiger partial charge in [0.15, 0.2) is 0 Å². The molecule has 0 aromatic rings. The summed E-state index contributed by atoms with van der Waals surface area (Å²) in [6.45, 7) is 12.5. The van der Waals surface area contributed by atoms with Gasteiger partial charge in [-0.15, -0.1) is 0 Å². The minimum atomic E-state index is -0.332. The van der Waals surface area contributed by atoms with Crippen LogP contribution in [0.25, 0.3) is 0 Å². The summed E-state index contributed by atoms with van der Waals surface area (Å²) in [6.07, 6.45) is 3.11. The van der Waals surface area contributed by atoms with Gasteiger partial charge in [-0.2, -0.15) is 0 Å². The van der Waals surface area contributed by atoms with Gasteiger partial charge in [0, 0.05) is 0 Å². The molecule has 0 fully saturated rings. The zero-order valence-electron chi connectivity index (χ0n) is 13.5. The van der Waals surface area contributed by atoms with Gasteiger partial charge in [0.1, 0.15) is 0 Å². The minimum absolute atomic E-state index is 0.0521. The Balaban J connectivity index is 0. The van der Waals surface area contributed by atoms with Gasteiger partial charge in [0.25, 0.3) is 0 Å². The van der Waals surface area contributed by atoms with E-state index in [0.717, 1.165) is 19.3 Å². The fourth-order valence-electron chi connectivity index (χ4n) is 1.20. The van der Waals surface area contributed by atoms with E-state index in [0.29, 0.717) is 6.61 Å². The standard InChI is InChI=1S/C13H26O2.C2H6O2/c1-7-8-9-13(5,6)11(14)15-10-12(2,3)4;3-1-2-4/h7-10H2,1-6H3;3-4H,1-2H2. The highest BCUT2D eigenvalue weighted by Gasteiger charge is 2.29. The first kappa shape index (κ1) is 20.7. The molecule has 0 saturated heterocycles.